The molecule has 0 bridgehead atoms. The average molecular weight is 425 g/mol. The lowest BCUT2D eigenvalue weighted by Crippen LogP contribution is -2.26. The van der Waals surface area contributed by atoms with Gasteiger partial charge < -0.3 is 10.2 Å². The van der Waals surface area contributed by atoms with E-state index in [-0.39, 0.29) is 0 Å². The van der Waals surface area contributed by atoms with Crippen molar-refractivity contribution in [3.63, 3.8) is 0 Å². The summed E-state index contributed by atoms with van der Waals surface area (Å²) in [6, 6.07) is 0. The van der Waals surface area contributed by atoms with Crippen molar-refractivity contribution in [2.24, 2.45) is 0 Å². The van der Waals surface area contributed by atoms with Crippen LogP contribution in [0.4, 0.5) is 0 Å². The molecule has 0 aromatic heterocycles. The Bertz CT molecular complexity index is 344. The van der Waals surface area contributed by atoms with Crippen LogP contribution in [0.2, 0.25) is 0 Å². The smallest absolute Gasteiger partial charge is 0.146 e. The molecule has 1 N–H and O–H groups in total. The molecular formula is C27H56N2O. The zero-order valence-corrected chi connectivity index (χ0v) is 21.1. The van der Waals surface area contributed by atoms with Crippen LogP contribution in [0.3, 0.4) is 0 Å². The molecule has 180 valence electrons. The maximum atomic E-state index is 11.8. The van der Waals surface area contributed by atoms with Crippen molar-refractivity contribution in [2.75, 3.05) is 33.7 Å². The molecule has 0 saturated carbocycles. The molecule has 0 heterocycles. The van der Waals surface area contributed by atoms with Crippen molar-refractivity contribution in [1.29, 1.82) is 0 Å². The number of hydrogen-bond acceptors (Lipinski definition) is 3. The molecule has 0 aromatic rings. The first-order chi connectivity index (χ1) is 14.7. The molecule has 0 aliphatic carbocycles. The Balaban J connectivity index is 3.11. The number of carbonyl (C=O) groups excluding carboxylic acids is 1. The monoisotopic (exact) mass is 424 g/mol. The summed E-state index contributed by atoms with van der Waals surface area (Å²) in [6.45, 7) is 4.88. The molecular weight excluding hydrogens is 368 g/mol. The van der Waals surface area contributed by atoms with E-state index in [0.29, 0.717) is 12.3 Å². The molecule has 0 amide bonds. The first kappa shape index (κ1) is 29.6. The Kier molecular flexibility index (Phi) is 24.5. The minimum Gasteiger partial charge on any atom is -0.310 e. The Morgan fingerprint density at radius 1 is 0.600 bits per heavy atom. The highest BCUT2D eigenvalue weighted by atomic mass is 16.1. The molecule has 0 spiro atoms. The third-order valence-corrected chi connectivity index (χ3v) is 6.09. The highest BCUT2D eigenvalue weighted by Crippen LogP contribution is 2.14. The molecule has 30 heavy (non-hydrogen) atoms. The minimum absolute atomic E-state index is 0.386. The van der Waals surface area contributed by atoms with E-state index in [1.54, 1.807) is 0 Å². The van der Waals surface area contributed by atoms with Crippen LogP contribution >= 0.6 is 0 Å². The lowest BCUT2D eigenvalue weighted by Gasteiger charge is -2.09. The second-order valence-corrected chi connectivity index (χ2v) is 9.63. The Hall–Kier alpha value is -0.410. The standard InChI is InChI=1S/C27H56N2O/c1-4-5-6-7-8-9-10-11-12-13-14-15-16-17-18-19-20-21-23-27(30)26-28-24-22-25-29(2)3/h28H,4-26H2,1-3H3. The fourth-order valence-electron chi connectivity index (χ4n) is 4.06. The van der Waals surface area contributed by atoms with Gasteiger partial charge in [-0.05, 0) is 40.0 Å². The van der Waals surface area contributed by atoms with Gasteiger partial charge in [0.1, 0.15) is 5.78 Å². The van der Waals surface area contributed by atoms with Crippen LogP contribution < -0.4 is 5.32 Å². The maximum absolute atomic E-state index is 11.8. The fourth-order valence-corrected chi connectivity index (χ4v) is 4.06. The number of nitrogens with zero attached hydrogens (tertiary/aromatic N) is 1. The molecule has 0 saturated heterocycles. The Labute approximate surface area is 190 Å². The topological polar surface area (TPSA) is 32.3 Å². The van der Waals surface area contributed by atoms with E-state index in [9.17, 15) is 4.79 Å². The van der Waals surface area contributed by atoms with Gasteiger partial charge in [-0.25, -0.2) is 0 Å². The number of carbonyl (C=O) groups is 1. The van der Waals surface area contributed by atoms with Crippen molar-refractivity contribution < 1.29 is 4.79 Å². The predicted molar refractivity (Wildman–Crippen MR) is 134 cm³/mol. The summed E-state index contributed by atoms with van der Waals surface area (Å²) in [7, 11) is 4.17. The van der Waals surface area contributed by atoms with Crippen LogP contribution in [0.5, 0.6) is 0 Å². The summed E-state index contributed by atoms with van der Waals surface area (Å²) in [5.74, 6) is 0.386. The zero-order chi connectivity index (χ0) is 22.1. The van der Waals surface area contributed by atoms with E-state index in [2.05, 4.69) is 31.2 Å². The van der Waals surface area contributed by atoms with Gasteiger partial charge in [-0.15, -0.1) is 0 Å². The summed E-state index contributed by atoms with van der Waals surface area (Å²) >= 11 is 0. The highest BCUT2D eigenvalue weighted by Gasteiger charge is 2.01. The molecule has 0 atom stereocenters. The van der Waals surface area contributed by atoms with Crippen LogP contribution in [0, 0.1) is 0 Å². The number of hydrogen-bond donors (Lipinski definition) is 1. The molecule has 0 radical (unpaired) electrons. The molecule has 0 aliphatic rings. The van der Waals surface area contributed by atoms with E-state index >= 15 is 0 Å². The van der Waals surface area contributed by atoms with Crippen molar-refractivity contribution in [2.45, 2.75) is 135 Å². The molecule has 3 nitrogen and oxygen atoms in total. The molecule has 0 fully saturated rings. The Morgan fingerprint density at radius 2 is 1.00 bits per heavy atom. The third-order valence-electron chi connectivity index (χ3n) is 6.09. The molecule has 0 rings (SSSR count). The first-order valence-corrected chi connectivity index (χ1v) is 13.5. The van der Waals surface area contributed by atoms with E-state index in [1.807, 2.05) is 0 Å². The summed E-state index contributed by atoms with van der Waals surface area (Å²) in [6.07, 6.45) is 26.9. The number of rotatable bonds is 25. The fraction of sp³-hybridized carbons (Fsp3) is 0.963. The number of ketones is 1. The van der Waals surface area contributed by atoms with Gasteiger partial charge in [0.25, 0.3) is 0 Å². The van der Waals surface area contributed by atoms with Crippen LogP contribution in [-0.4, -0.2) is 44.4 Å². The highest BCUT2D eigenvalue weighted by molar-refractivity contribution is 5.80. The van der Waals surface area contributed by atoms with Crippen molar-refractivity contribution in [1.82, 2.24) is 10.2 Å². The van der Waals surface area contributed by atoms with Gasteiger partial charge in [-0.3, -0.25) is 4.79 Å². The Morgan fingerprint density at radius 3 is 1.40 bits per heavy atom. The van der Waals surface area contributed by atoms with Crippen molar-refractivity contribution in [3.05, 3.63) is 0 Å². The van der Waals surface area contributed by atoms with Crippen LogP contribution in [0.1, 0.15) is 135 Å². The molecule has 0 aliphatic heterocycles. The summed E-state index contributed by atoms with van der Waals surface area (Å²) in [5.41, 5.74) is 0. The van der Waals surface area contributed by atoms with Gasteiger partial charge in [0, 0.05) is 6.42 Å². The van der Waals surface area contributed by atoms with Gasteiger partial charge in [-0.2, -0.15) is 0 Å². The molecule has 0 aromatic carbocycles. The predicted octanol–water partition coefficient (Wildman–Crippen LogP) is 7.53. The first-order valence-electron chi connectivity index (χ1n) is 13.5. The SMILES string of the molecule is CCCCCCCCCCCCCCCCCCCCC(=O)CNCCCN(C)C. The third kappa shape index (κ3) is 25.6. The van der Waals surface area contributed by atoms with Crippen molar-refractivity contribution in [3.8, 4) is 0 Å². The van der Waals surface area contributed by atoms with Crippen LogP contribution in [0.25, 0.3) is 0 Å². The zero-order valence-electron chi connectivity index (χ0n) is 21.1. The largest absolute Gasteiger partial charge is 0.310 e. The van der Waals surface area contributed by atoms with Gasteiger partial charge in [-0.1, -0.05) is 116 Å². The lowest BCUT2D eigenvalue weighted by atomic mass is 10.0. The van der Waals surface area contributed by atoms with E-state index < -0.39 is 0 Å². The van der Waals surface area contributed by atoms with E-state index in [0.717, 1.165) is 32.4 Å². The van der Waals surface area contributed by atoms with Crippen LogP contribution in [-0.2, 0) is 4.79 Å². The number of nitrogens with one attached hydrogen (secondary N) is 1. The van der Waals surface area contributed by atoms with Gasteiger partial charge in [0.15, 0.2) is 0 Å². The normalized spacial score (nSPS) is 11.5. The quantitative estimate of drug-likeness (QED) is 0.154. The number of Topliss-reactive ketones (excluding diaryl/α,β-unsaturated/α-hetero) is 1. The van der Waals surface area contributed by atoms with Gasteiger partial charge >= 0.3 is 0 Å². The van der Waals surface area contributed by atoms with Gasteiger partial charge in [0.05, 0.1) is 6.54 Å². The lowest BCUT2D eigenvalue weighted by molar-refractivity contribution is -0.118. The second kappa shape index (κ2) is 24.9. The van der Waals surface area contributed by atoms with Crippen molar-refractivity contribution >= 4 is 5.78 Å². The number of unbranched alkanes of at least 4 members (excludes halogenated alkanes) is 17. The van der Waals surface area contributed by atoms with Crippen LogP contribution in [0.15, 0.2) is 0 Å². The second-order valence-electron chi connectivity index (χ2n) is 9.63. The van der Waals surface area contributed by atoms with E-state index in [1.165, 1.54) is 109 Å². The van der Waals surface area contributed by atoms with E-state index in [4.69, 9.17) is 0 Å². The summed E-state index contributed by atoms with van der Waals surface area (Å²) in [4.78, 5) is 14.0. The minimum atomic E-state index is 0.386. The average Bonchev–Trinajstić information content (AvgIpc) is 2.72. The maximum Gasteiger partial charge on any atom is 0.146 e. The molecule has 0 unspecified atom stereocenters. The van der Waals surface area contributed by atoms with Gasteiger partial charge in [0.2, 0.25) is 0 Å². The summed E-state index contributed by atoms with van der Waals surface area (Å²) in [5, 5.41) is 3.27. The molecule has 3 heteroatoms. The summed E-state index contributed by atoms with van der Waals surface area (Å²) < 4.78 is 0.